The molecule has 2 rings (SSSR count). The van der Waals surface area contributed by atoms with E-state index >= 15 is 0 Å². The Bertz CT molecular complexity index is 351. The molecule has 0 aliphatic carbocycles. The summed E-state index contributed by atoms with van der Waals surface area (Å²) < 4.78 is 6.54. The summed E-state index contributed by atoms with van der Waals surface area (Å²) in [5.74, 6) is 0.520. The van der Waals surface area contributed by atoms with Gasteiger partial charge >= 0.3 is 0 Å². The number of nitrogens with two attached hydrogens (primary N) is 1. The molecule has 0 saturated carbocycles. The van der Waals surface area contributed by atoms with Gasteiger partial charge in [-0.2, -0.15) is 0 Å². The van der Waals surface area contributed by atoms with Crippen LogP contribution in [0.4, 0.5) is 5.82 Å². The van der Waals surface area contributed by atoms with Crippen LogP contribution < -0.4 is 5.73 Å². The van der Waals surface area contributed by atoms with Gasteiger partial charge in [-0.1, -0.05) is 5.16 Å². The smallest absolute Gasteiger partial charge is 0.141 e. The summed E-state index contributed by atoms with van der Waals surface area (Å²) in [5.41, 5.74) is 6.43. The Hall–Kier alpha value is -1.78. The van der Waals surface area contributed by atoms with Gasteiger partial charge in [0.15, 0.2) is 0 Å². The molecule has 0 saturated heterocycles. The molecular formula is C7H8N4O. The number of hydrogen-bond acceptors (Lipinski definition) is 4. The lowest BCUT2D eigenvalue weighted by atomic mass is 10.4. The van der Waals surface area contributed by atoms with E-state index in [1.807, 2.05) is 4.57 Å². The van der Waals surface area contributed by atoms with Crippen LogP contribution in [0.25, 0.3) is 0 Å². The first kappa shape index (κ1) is 6.90. The summed E-state index contributed by atoms with van der Waals surface area (Å²) in [6.07, 6.45) is 6.68. The van der Waals surface area contributed by atoms with E-state index in [0.717, 1.165) is 5.56 Å². The molecule has 2 heterocycles. The average Bonchev–Trinajstić information content (AvgIpc) is 2.63. The van der Waals surface area contributed by atoms with Crippen molar-refractivity contribution < 1.29 is 4.52 Å². The standard InChI is InChI=1S/C7H8N4O/c8-7-3-11(5-9-7)2-6-1-10-12-4-6/h1,3-5H,2,8H2. The maximum atomic E-state index is 5.44. The first-order valence-corrected chi connectivity index (χ1v) is 3.50. The van der Waals surface area contributed by atoms with Crippen LogP contribution in [0.5, 0.6) is 0 Å². The van der Waals surface area contributed by atoms with E-state index in [4.69, 9.17) is 5.73 Å². The number of nitrogen functional groups attached to an aromatic ring is 1. The highest BCUT2D eigenvalue weighted by atomic mass is 16.5. The molecule has 0 unspecified atom stereocenters. The molecule has 5 heteroatoms. The lowest BCUT2D eigenvalue weighted by Crippen LogP contribution is -1.94. The molecular weight excluding hydrogens is 156 g/mol. The number of rotatable bonds is 2. The third-order valence-corrected chi connectivity index (χ3v) is 1.50. The molecule has 0 fully saturated rings. The van der Waals surface area contributed by atoms with Crippen molar-refractivity contribution in [2.75, 3.05) is 5.73 Å². The molecule has 0 amide bonds. The maximum Gasteiger partial charge on any atom is 0.141 e. The van der Waals surface area contributed by atoms with E-state index in [9.17, 15) is 0 Å². The highest BCUT2D eigenvalue weighted by Crippen LogP contribution is 2.02. The summed E-state index contributed by atoms with van der Waals surface area (Å²) in [6, 6.07) is 0. The zero-order valence-electron chi connectivity index (χ0n) is 6.34. The zero-order chi connectivity index (χ0) is 8.39. The highest BCUT2D eigenvalue weighted by Gasteiger charge is 1.97. The third kappa shape index (κ3) is 1.29. The summed E-state index contributed by atoms with van der Waals surface area (Å²) >= 11 is 0. The lowest BCUT2D eigenvalue weighted by molar-refractivity contribution is 0.418. The van der Waals surface area contributed by atoms with Crippen molar-refractivity contribution >= 4 is 5.82 Å². The van der Waals surface area contributed by atoms with Crippen LogP contribution in [0.1, 0.15) is 5.56 Å². The van der Waals surface area contributed by atoms with Crippen molar-refractivity contribution in [2.24, 2.45) is 0 Å². The molecule has 2 N–H and O–H groups in total. The fourth-order valence-corrected chi connectivity index (χ4v) is 0.979. The van der Waals surface area contributed by atoms with Crippen molar-refractivity contribution in [1.82, 2.24) is 14.7 Å². The maximum absolute atomic E-state index is 5.44. The van der Waals surface area contributed by atoms with Gasteiger partial charge in [0.05, 0.1) is 19.1 Å². The molecule has 0 atom stereocenters. The van der Waals surface area contributed by atoms with E-state index in [0.29, 0.717) is 12.4 Å². The van der Waals surface area contributed by atoms with E-state index in [2.05, 4.69) is 14.7 Å². The second-order valence-corrected chi connectivity index (χ2v) is 2.50. The summed E-state index contributed by atoms with van der Waals surface area (Å²) in [6.45, 7) is 0.688. The van der Waals surface area contributed by atoms with Crippen molar-refractivity contribution in [2.45, 2.75) is 6.54 Å². The summed E-state index contributed by atoms with van der Waals surface area (Å²) in [5, 5.41) is 3.59. The Balaban J connectivity index is 2.14. The van der Waals surface area contributed by atoms with Gasteiger partial charge in [-0.25, -0.2) is 4.98 Å². The molecule has 12 heavy (non-hydrogen) atoms. The monoisotopic (exact) mass is 164 g/mol. The van der Waals surface area contributed by atoms with E-state index in [-0.39, 0.29) is 0 Å². The van der Waals surface area contributed by atoms with Crippen LogP contribution in [-0.2, 0) is 6.54 Å². The molecule has 0 aliphatic rings. The van der Waals surface area contributed by atoms with Crippen LogP contribution in [-0.4, -0.2) is 14.7 Å². The highest BCUT2D eigenvalue weighted by molar-refractivity contribution is 5.23. The molecule has 0 aromatic carbocycles. The first-order valence-electron chi connectivity index (χ1n) is 3.50. The minimum atomic E-state index is 0.520. The molecule has 0 aliphatic heterocycles. The van der Waals surface area contributed by atoms with Gasteiger partial charge in [-0.3, -0.25) is 0 Å². The van der Waals surface area contributed by atoms with Crippen molar-refractivity contribution in [3.63, 3.8) is 0 Å². The van der Waals surface area contributed by atoms with Gasteiger partial charge in [-0.15, -0.1) is 0 Å². The number of hydrogen-bond donors (Lipinski definition) is 1. The summed E-state index contributed by atoms with van der Waals surface area (Å²) in [4.78, 5) is 3.89. The summed E-state index contributed by atoms with van der Waals surface area (Å²) in [7, 11) is 0. The molecule has 2 aromatic heterocycles. The van der Waals surface area contributed by atoms with Crippen molar-refractivity contribution in [1.29, 1.82) is 0 Å². The molecule has 62 valence electrons. The second kappa shape index (κ2) is 2.69. The predicted octanol–water partition coefficient (Wildman–Crippen LogP) is 0.502. The van der Waals surface area contributed by atoms with Gasteiger partial charge in [0, 0.05) is 11.8 Å². The SMILES string of the molecule is Nc1cn(Cc2cnoc2)cn1. The third-order valence-electron chi connectivity index (χ3n) is 1.50. The minimum Gasteiger partial charge on any atom is -0.382 e. The number of imidazole rings is 1. The number of aromatic nitrogens is 3. The van der Waals surface area contributed by atoms with Crippen molar-refractivity contribution in [3.8, 4) is 0 Å². The fourth-order valence-electron chi connectivity index (χ4n) is 0.979. The first-order chi connectivity index (χ1) is 5.84. The van der Waals surface area contributed by atoms with Crippen molar-refractivity contribution in [3.05, 3.63) is 30.5 Å². The molecule has 0 bridgehead atoms. The number of nitrogens with zero attached hydrogens (tertiary/aromatic N) is 3. The Kier molecular flexibility index (Phi) is 1.55. The van der Waals surface area contributed by atoms with Crippen LogP contribution in [0, 0.1) is 0 Å². The van der Waals surface area contributed by atoms with Gasteiger partial charge in [0.2, 0.25) is 0 Å². The Morgan fingerprint density at radius 2 is 2.50 bits per heavy atom. The average molecular weight is 164 g/mol. The fraction of sp³-hybridized carbons (Fsp3) is 0.143. The van der Waals surface area contributed by atoms with Gasteiger partial charge in [0.1, 0.15) is 12.1 Å². The van der Waals surface area contributed by atoms with Gasteiger partial charge in [-0.05, 0) is 0 Å². The van der Waals surface area contributed by atoms with Gasteiger partial charge < -0.3 is 14.8 Å². The number of anilines is 1. The van der Waals surface area contributed by atoms with Gasteiger partial charge in [0.25, 0.3) is 0 Å². The molecule has 0 radical (unpaired) electrons. The second-order valence-electron chi connectivity index (χ2n) is 2.50. The Morgan fingerprint density at radius 3 is 3.08 bits per heavy atom. The van der Waals surface area contributed by atoms with E-state index < -0.39 is 0 Å². The quantitative estimate of drug-likeness (QED) is 0.701. The van der Waals surface area contributed by atoms with Crippen LogP contribution in [0.3, 0.4) is 0 Å². The zero-order valence-corrected chi connectivity index (χ0v) is 6.34. The van der Waals surface area contributed by atoms with Crippen LogP contribution >= 0.6 is 0 Å². The predicted molar refractivity (Wildman–Crippen MR) is 42.2 cm³/mol. The van der Waals surface area contributed by atoms with E-state index in [1.54, 1.807) is 25.0 Å². The van der Waals surface area contributed by atoms with E-state index in [1.165, 1.54) is 0 Å². The Morgan fingerprint density at radius 1 is 1.58 bits per heavy atom. The normalized spacial score (nSPS) is 10.3. The lowest BCUT2D eigenvalue weighted by Gasteiger charge is -1.94. The Labute approximate surface area is 68.8 Å². The topological polar surface area (TPSA) is 69.9 Å². The molecule has 5 nitrogen and oxygen atoms in total. The largest absolute Gasteiger partial charge is 0.382 e. The van der Waals surface area contributed by atoms with Crippen LogP contribution in [0.2, 0.25) is 0 Å². The molecule has 0 spiro atoms. The van der Waals surface area contributed by atoms with Crippen LogP contribution in [0.15, 0.2) is 29.5 Å². The molecule has 2 aromatic rings. The minimum absolute atomic E-state index is 0.520.